The average Bonchev–Trinajstić information content (AvgIpc) is 2.18. The minimum atomic E-state index is 0.0441. The third-order valence-corrected chi connectivity index (χ3v) is 1.99. The standard InChI is InChI=1S/C11H16N2O/c1-4-11(14)12-9-5-7-10(8-6-9)13(2)3/h5-8H,4H2,1-3H3,(H,12,14). The summed E-state index contributed by atoms with van der Waals surface area (Å²) in [5.41, 5.74) is 1.97. The van der Waals surface area contributed by atoms with Crippen molar-refractivity contribution in [3.05, 3.63) is 24.3 Å². The molecule has 3 heteroatoms. The van der Waals surface area contributed by atoms with E-state index in [9.17, 15) is 4.79 Å². The van der Waals surface area contributed by atoms with E-state index in [0.717, 1.165) is 11.4 Å². The molecule has 0 unspecified atom stereocenters. The fourth-order valence-corrected chi connectivity index (χ4v) is 1.09. The Morgan fingerprint density at radius 3 is 2.29 bits per heavy atom. The zero-order chi connectivity index (χ0) is 10.6. The minimum absolute atomic E-state index is 0.0441. The SMILES string of the molecule is CCC(=O)Nc1ccc(N(C)C)cc1. The maximum atomic E-state index is 11.1. The van der Waals surface area contributed by atoms with Crippen LogP contribution >= 0.6 is 0 Å². The second-order valence-electron chi connectivity index (χ2n) is 3.34. The molecule has 1 aromatic carbocycles. The van der Waals surface area contributed by atoms with Gasteiger partial charge in [-0.3, -0.25) is 4.79 Å². The zero-order valence-electron chi connectivity index (χ0n) is 8.87. The van der Waals surface area contributed by atoms with Crippen molar-refractivity contribution in [3.8, 4) is 0 Å². The number of nitrogens with one attached hydrogen (secondary N) is 1. The highest BCUT2D eigenvalue weighted by Gasteiger charge is 1.99. The van der Waals surface area contributed by atoms with E-state index in [-0.39, 0.29) is 5.91 Å². The lowest BCUT2D eigenvalue weighted by Gasteiger charge is -2.12. The number of benzene rings is 1. The first kappa shape index (κ1) is 10.6. The molecular weight excluding hydrogens is 176 g/mol. The van der Waals surface area contributed by atoms with Gasteiger partial charge in [0, 0.05) is 31.9 Å². The number of rotatable bonds is 3. The predicted molar refractivity (Wildman–Crippen MR) is 59.7 cm³/mol. The van der Waals surface area contributed by atoms with Crippen molar-refractivity contribution in [1.29, 1.82) is 0 Å². The van der Waals surface area contributed by atoms with E-state index >= 15 is 0 Å². The molecule has 76 valence electrons. The van der Waals surface area contributed by atoms with Crippen molar-refractivity contribution < 1.29 is 4.79 Å². The first-order valence-electron chi connectivity index (χ1n) is 4.70. The highest BCUT2D eigenvalue weighted by atomic mass is 16.1. The molecule has 1 amide bonds. The summed E-state index contributed by atoms with van der Waals surface area (Å²) in [5.74, 6) is 0.0441. The van der Waals surface area contributed by atoms with Crippen LogP contribution in [0.3, 0.4) is 0 Å². The first-order valence-corrected chi connectivity index (χ1v) is 4.70. The largest absolute Gasteiger partial charge is 0.378 e. The third-order valence-electron chi connectivity index (χ3n) is 1.99. The van der Waals surface area contributed by atoms with Crippen molar-refractivity contribution in [2.75, 3.05) is 24.3 Å². The van der Waals surface area contributed by atoms with Crippen LogP contribution in [0.15, 0.2) is 24.3 Å². The van der Waals surface area contributed by atoms with Gasteiger partial charge in [0.25, 0.3) is 0 Å². The Morgan fingerprint density at radius 2 is 1.86 bits per heavy atom. The molecule has 0 aliphatic carbocycles. The van der Waals surface area contributed by atoms with Gasteiger partial charge >= 0.3 is 0 Å². The van der Waals surface area contributed by atoms with Crippen LogP contribution in [-0.2, 0) is 4.79 Å². The summed E-state index contributed by atoms with van der Waals surface area (Å²) in [4.78, 5) is 13.1. The Kier molecular flexibility index (Phi) is 3.51. The Morgan fingerprint density at radius 1 is 1.29 bits per heavy atom. The second kappa shape index (κ2) is 4.65. The van der Waals surface area contributed by atoms with Gasteiger partial charge in [0.15, 0.2) is 0 Å². The maximum Gasteiger partial charge on any atom is 0.224 e. The molecule has 0 fully saturated rings. The molecule has 1 rings (SSSR count). The molecule has 3 nitrogen and oxygen atoms in total. The fraction of sp³-hybridized carbons (Fsp3) is 0.364. The summed E-state index contributed by atoms with van der Waals surface area (Å²) < 4.78 is 0. The first-order chi connectivity index (χ1) is 6.63. The lowest BCUT2D eigenvalue weighted by molar-refractivity contribution is -0.115. The fourth-order valence-electron chi connectivity index (χ4n) is 1.09. The molecule has 1 aromatic rings. The van der Waals surface area contributed by atoms with Crippen molar-refractivity contribution >= 4 is 17.3 Å². The molecule has 14 heavy (non-hydrogen) atoms. The quantitative estimate of drug-likeness (QED) is 0.795. The topological polar surface area (TPSA) is 32.3 Å². The Balaban J connectivity index is 2.69. The monoisotopic (exact) mass is 192 g/mol. The van der Waals surface area contributed by atoms with Gasteiger partial charge < -0.3 is 10.2 Å². The predicted octanol–water partition coefficient (Wildman–Crippen LogP) is 2.10. The van der Waals surface area contributed by atoms with Crippen molar-refractivity contribution in [3.63, 3.8) is 0 Å². The van der Waals surface area contributed by atoms with E-state index in [4.69, 9.17) is 0 Å². The molecule has 0 atom stereocenters. The number of amides is 1. The van der Waals surface area contributed by atoms with Crippen LogP contribution in [-0.4, -0.2) is 20.0 Å². The van der Waals surface area contributed by atoms with Crippen LogP contribution < -0.4 is 10.2 Å². The molecule has 0 radical (unpaired) electrons. The number of nitrogens with zero attached hydrogens (tertiary/aromatic N) is 1. The van der Waals surface area contributed by atoms with E-state index in [0.29, 0.717) is 6.42 Å². The molecule has 0 heterocycles. The van der Waals surface area contributed by atoms with Gasteiger partial charge in [0.2, 0.25) is 5.91 Å². The van der Waals surface area contributed by atoms with E-state index in [2.05, 4.69) is 5.32 Å². The average molecular weight is 192 g/mol. The summed E-state index contributed by atoms with van der Waals surface area (Å²) in [6.45, 7) is 1.84. The van der Waals surface area contributed by atoms with Crippen LogP contribution in [0.4, 0.5) is 11.4 Å². The zero-order valence-corrected chi connectivity index (χ0v) is 8.87. The second-order valence-corrected chi connectivity index (χ2v) is 3.34. The molecule has 0 saturated heterocycles. The van der Waals surface area contributed by atoms with Gasteiger partial charge in [-0.05, 0) is 24.3 Å². The summed E-state index contributed by atoms with van der Waals surface area (Å²) >= 11 is 0. The Labute approximate surface area is 84.7 Å². The number of anilines is 2. The van der Waals surface area contributed by atoms with E-state index < -0.39 is 0 Å². The van der Waals surface area contributed by atoms with Gasteiger partial charge in [-0.1, -0.05) is 6.92 Å². The summed E-state index contributed by atoms with van der Waals surface area (Å²) in [6, 6.07) is 7.77. The van der Waals surface area contributed by atoms with Gasteiger partial charge in [-0.15, -0.1) is 0 Å². The van der Waals surface area contributed by atoms with Crippen LogP contribution in [0.25, 0.3) is 0 Å². The Hall–Kier alpha value is -1.51. The summed E-state index contributed by atoms with van der Waals surface area (Å²) in [5, 5.41) is 2.80. The van der Waals surface area contributed by atoms with Crippen molar-refractivity contribution in [2.24, 2.45) is 0 Å². The minimum Gasteiger partial charge on any atom is -0.378 e. The van der Waals surface area contributed by atoms with Crippen LogP contribution in [0.2, 0.25) is 0 Å². The molecular formula is C11H16N2O. The number of hydrogen-bond donors (Lipinski definition) is 1. The third kappa shape index (κ3) is 2.76. The van der Waals surface area contributed by atoms with Gasteiger partial charge in [-0.2, -0.15) is 0 Å². The molecule has 1 N–H and O–H groups in total. The highest BCUT2D eigenvalue weighted by Crippen LogP contribution is 2.15. The molecule has 0 saturated carbocycles. The number of carbonyl (C=O) groups excluding carboxylic acids is 1. The van der Waals surface area contributed by atoms with Gasteiger partial charge in [0.05, 0.1) is 0 Å². The summed E-state index contributed by atoms with van der Waals surface area (Å²) in [6.07, 6.45) is 0.509. The maximum absolute atomic E-state index is 11.1. The highest BCUT2D eigenvalue weighted by molar-refractivity contribution is 5.90. The van der Waals surface area contributed by atoms with Crippen LogP contribution in [0, 0.1) is 0 Å². The smallest absolute Gasteiger partial charge is 0.224 e. The van der Waals surface area contributed by atoms with Gasteiger partial charge in [-0.25, -0.2) is 0 Å². The molecule has 0 spiro atoms. The Bertz CT molecular complexity index is 304. The van der Waals surface area contributed by atoms with E-state index in [1.807, 2.05) is 50.2 Å². The van der Waals surface area contributed by atoms with E-state index in [1.165, 1.54) is 0 Å². The normalized spacial score (nSPS) is 9.64. The molecule has 0 aromatic heterocycles. The lowest BCUT2D eigenvalue weighted by atomic mass is 10.2. The van der Waals surface area contributed by atoms with Gasteiger partial charge in [0.1, 0.15) is 0 Å². The van der Waals surface area contributed by atoms with Crippen LogP contribution in [0.1, 0.15) is 13.3 Å². The molecule has 0 aliphatic heterocycles. The summed E-state index contributed by atoms with van der Waals surface area (Å²) in [7, 11) is 3.97. The number of hydrogen-bond acceptors (Lipinski definition) is 2. The number of carbonyl (C=O) groups is 1. The van der Waals surface area contributed by atoms with E-state index in [1.54, 1.807) is 0 Å². The van der Waals surface area contributed by atoms with Crippen LogP contribution in [0.5, 0.6) is 0 Å². The molecule has 0 bridgehead atoms. The van der Waals surface area contributed by atoms with Crippen molar-refractivity contribution in [2.45, 2.75) is 13.3 Å². The molecule has 0 aliphatic rings. The lowest BCUT2D eigenvalue weighted by Crippen LogP contribution is -2.10. The van der Waals surface area contributed by atoms with Crippen molar-refractivity contribution in [1.82, 2.24) is 0 Å².